The third-order valence-electron chi connectivity index (χ3n) is 2.76. The standard InChI is InChI=1S/C11H14FNO2/c1-14-8-5-7(12)6-9(15-2)10(8)11(13)3-4-11/h5-6H,3-4,13H2,1-2H3. The van der Waals surface area contributed by atoms with Crippen LogP contribution >= 0.6 is 0 Å². The van der Waals surface area contributed by atoms with E-state index in [-0.39, 0.29) is 5.82 Å². The van der Waals surface area contributed by atoms with Gasteiger partial charge in [-0.05, 0) is 12.8 Å². The van der Waals surface area contributed by atoms with Crippen molar-refractivity contribution < 1.29 is 13.9 Å². The monoisotopic (exact) mass is 211 g/mol. The third-order valence-corrected chi connectivity index (χ3v) is 2.76. The molecule has 1 aliphatic rings. The van der Waals surface area contributed by atoms with Crippen molar-refractivity contribution in [1.82, 2.24) is 0 Å². The lowest BCUT2D eigenvalue weighted by Crippen LogP contribution is -2.21. The van der Waals surface area contributed by atoms with Gasteiger partial charge in [0.1, 0.15) is 17.3 Å². The molecule has 0 aromatic heterocycles. The second-order valence-corrected chi connectivity index (χ2v) is 3.84. The number of nitrogens with two attached hydrogens (primary N) is 1. The first-order chi connectivity index (χ1) is 7.10. The lowest BCUT2D eigenvalue weighted by atomic mass is 10.0. The molecule has 1 saturated carbocycles. The number of hydrogen-bond acceptors (Lipinski definition) is 3. The van der Waals surface area contributed by atoms with Crippen LogP contribution in [0.5, 0.6) is 11.5 Å². The summed E-state index contributed by atoms with van der Waals surface area (Å²) in [7, 11) is 3.01. The van der Waals surface area contributed by atoms with E-state index in [2.05, 4.69) is 0 Å². The van der Waals surface area contributed by atoms with Crippen molar-refractivity contribution in [2.24, 2.45) is 5.73 Å². The van der Waals surface area contributed by atoms with Crippen LogP contribution < -0.4 is 15.2 Å². The summed E-state index contributed by atoms with van der Waals surface area (Å²) >= 11 is 0. The predicted molar refractivity (Wildman–Crippen MR) is 54.6 cm³/mol. The Morgan fingerprint density at radius 3 is 2.00 bits per heavy atom. The maximum Gasteiger partial charge on any atom is 0.130 e. The van der Waals surface area contributed by atoms with E-state index in [9.17, 15) is 4.39 Å². The summed E-state index contributed by atoms with van der Waals surface area (Å²) < 4.78 is 23.5. The van der Waals surface area contributed by atoms with Crippen molar-refractivity contribution in [1.29, 1.82) is 0 Å². The fraction of sp³-hybridized carbons (Fsp3) is 0.455. The maximum atomic E-state index is 13.2. The molecule has 1 aromatic rings. The molecule has 15 heavy (non-hydrogen) atoms. The molecule has 0 unspecified atom stereocenters. The van der Waals surface area contributed by atoms with Crippen LogP contribution in [-0.2, 0) is 5.54 Å². The Kier molecular flexibility index (Phi) is 2.31. The van der Waals surface area contributed by atoms with Crippen LogP contribution in [0.15, 0.2) is 12.1 Å². The highest BCUT2D eigenvalue weighted by Crippen LogP contribution is 2.50. The lowest BCUT2D eigenvalue weighted by Gasteiger charge is -2.18. The first kappa shape index (κ1) is 10.2. The second kappa shape index (κ2) is 3.38. The van der Waals surface area contributed by atoms with Crippen LogP contribution in [0.4, 0.5) is 4.39 Å². The minimum atomic E-state index is -0.398. The second-order valence-electron chi connectivity index (χ2n) is 3.84. The number of halogens is 1. The van der Waals surface area contributed by atoms with Crippen LogP contribution in [-0.4, -0.2) is 14.2 Å². The number of methoxy groups -OCH3 is 2. The molecule has 2 rings (SSSR count). The van der Waals surface area contributed by atoms with Crippen molar-refractivity contribution in [3.05, 3.63) is 23.5 Å². The van der Waals surface area contributed by atoms with Gasteiger partial charge in [-0.3, -0.25) is 0 Å². The summed E-state index contributed by atoms with van der Waals surface area (Å²) in [4.78, 5) is 0. The molecule has 0 saturated heterocycles. The van der Waals surface area contributed by atoms with Gasteiger partial charge in [-0.2, -0.15) is 0 Å². The van der Waals surface area contributed by atoms with Gasteiger partial charge in [-0.25, -0.2) is 4.39 Å². The molecular weight excluding hydrogens is 197 g/mol. The molecule has 82 valence electrons. The zero-order valence-corrected chi connectivity index (χ0v) is 8.84. The first-order valence-corrected chi connectivity index (χ1v) is 4.81. The van der Waals surface area contributed by atoms with E-state index in [1.807, 2.05) is 0 Å². The van der Waals surface area contributed by atoms with Crippen LogP contribution in [0.2, 0.25) is 0 Å². The minimum absolute atomic E-state index is 0.378. The number of rotatable bonds is 3. The van der Waals surface area contributed by atoms with Gasteiger partial charge < -0.3 is 15.2 Å². The molecule has 0 heterocycles. The Balaban J connectivity index is 2.57. The van der Waals surface area contributed by atoms with Gasteiger partial charge in [-0.1, -0.05) is 0 Å². The first-order valence-electron chi connectivity index (χ1n) is 4.81. The summed E-state index contributed by atoms with van der Waals surface area (Å²) in [6.45, 7) is 0. The van der Waals surface area contributed by atoms with Gasteiger partial charge in [0, 0.05) is 17.7 Å². The average Bonchev–Trinajstić information content (AvgIpc) is 2.95. The van der Waals surface area contributed by atoms with Crippen LogP contribution in [0.25, 0.3) is 0 Å². The molecule has 3 nitrogen and oxygen atoms in total. The Morgan fingerprint density at radius 1 is 1.20 bits per heavy atom. The normalized spacial score (nSPS) is 17.3. The van der Waals surface area contributed by atoms with E-state index >= 15 is 0 Å². The SMILES string of the molecule is COc1cc(F)cc(OC)c1C1(N)CC1. The topological polar surface area (TPSA) is 44.5 Å². The van der Waals surface area contributed by atoms with Gasteiger partial charge in [0.05, 0.1) is 19.8 Å². The smallest absolute Gasteiger partial charge is 0.130 e. The van der Waals surface area contributed by atoms with Gasteiger partial charge in [-0.15, -0.1) is 0 Å². The molecule has 2 N–H and O–H groups in total. The van der Waals surface area contributed by atoms with E-state index in [0.29, 0.717) is 11.5 Å². The highest BCUT2D eigenvalue weighted by molar-refractivity contribution is 5.52. The summed E-state index contributed by atoms with van der Waals surface area (Å²) in [6.07, 6.45) is 1.76. The molecule has 1 aliphatic carbocycles. The average molecular weight is 211 g/mol. The van der Waals surface area contributed by atoms with E-state index in [1.165, 1.54) is 26.4 Å². The largest absolute Gasteiger partial charge is 0.496 e. The molecule has 0 spiro atoms. The maximum absolute atomic E-state index is 13.2. The minimum Gasteiger partial charge on any atom is -0.496 e. The Bertz CT molecular complexity index is 363. The number of hydrogen-bond donors (Lipinski definition) is 1. The molecule has 1 fully saturated rings. The molecule has 0 bridgehead atoms. The summed E-state index contributed by atoms with van der Waals surface area (Å²) in [5.41, 5.74) is 6.46. The molecule has 4 heteroatoms. The molecule has 0 aliphatic heterocycles. The van der Waals surface area contributed by atoms with E-state index in [1.54, 1.807) is 0 Å². The van der Waals surface area contributed by atoms with Crippen LogP contribution in [0.3, 0.4) is 0 Å². The number of ether oxygens (including phenoxy) is 2. The van der Waals surface area contributed by atoms with E-state index in [4.69, 9.17) is 15.2 Å². The predicted octanol–water partition coefficient (Wildman–Crippen LogP) is 1.79. The molecular formula is C11H14FNO2. The van der Waals surface area contributed by atoms with E-state index in [0.717, 1.165) is 18.4 Å². The van der Waals surface area contributed by atoms with Crippen molar-refractivity contribution in [3.8, 4) is 11.5 Å². The summed E-state index contributed by atoms with van der Waals surface area (Å²) in [6, 6.07) is 2.68. The van der Waals surface area contributed by atoms with Crippen molar-refractivity contribution in [2.75, 3.05) is 14.2 Å². The zero-order chi connectivity index (χ0) is 11.1. The fourth-order valence-corrected chi connectivity index (χ4v) is 1.76. The molecule has 0 amide bonds. The third kappa shape index (κ3) is 1.65. The summed E-state index contributed by atoms with van der Waals surface area (Å²) in [5, 5.41) is 0. The highest BCUT2D eigenvalue weighted by atomic mass is 19.1. The van der Waals surface area contributed by atoms with Crippen LogP contribution in [0, 0.1) is 5.82 Å². The number of benzene rings is 1. The summed E-state index contributed by atoms with van der Waals surface area (Å²) in [5.74, 6) is 0.551. The zero-order valence-electron chi connectivity index (χ0n) is 8.84. The van der Waals surface area contributed by atoms with Gasteiger partial charge in [0.2, 0.25) is 0 Å². The van der Waals surface area contributed by atoms with Gasteiger partial charge >= 0.3 is 0 Å². The fourth-order valence-electron chi connectivity index (χ4n) is 1.76. The Morgan fingerprint density at radius 2 is 1.67 bits per heavy atom. The van der Waals surface area contributed by atoms with Crippen LogP contribution in [0.1, 0.15) is 18.4 Å². The Hall–Kier alpha value is -1.29. The van der Waals surface area contributed by atoms with Gasteiger partial charge in [0.25, 0.3) is 0 Å². The van der Waals surface area contributed by atoms with Crippen molar-refractivity contribution in [2.45, 2.75) is 18.4 Å². The highest BCUT2D eigenvalue weighted by Gasteiger charge is 2.44. The van der Waals surface area contributed by atoms with E-state index < -0.39 is 5.54 Å². The molecule has 0 atom stereocenters. The molecule has 0 radical (unpaired) electrons. The quantitative estimate of drug-likeness (QED) is 0.829. The Labute approximate surface area is 88.0 Å². The van der Waals surface area contributed by atoms with Crippen molar-refractivity contribution >= 4 is 0 Å². The molecule has 1 aromatic carbocycles. The van der Waals surface area contributed by atoms with Gasteiger partial charge in [0.15, 0.2) is 0 Å². The lowest BCUT2D eigenvalue weighted by molar-refractivity contribution is 0.371. The van der Waals surface area contributed by atoms with Crippen molar-refractivity contribution in [3.63, 3.8) is 0 Å².